The fourth-order valence-electron chi connectivity index (χ4n) is 4.62. The van der Waals surface area contributed by atoms with E-state index in [0.717, 1.165) is 22.2 Å². The molecule has 7 nitrogen and oxygen atoms in total. The van der Waals surface area contributed by atoms with Crippen molar-refractivity contribution in [3.8, 4) is 5.88 Å². The van der Waals surface area contributed by atoms with Gasteiger partial charge in [0.2, 0.25) is 5.88 Å². The molecule has 10 heteroatoms. The van der Waals surface area contributed by atoms with Crippen molar-refractivity contribution >= 4 is 41.8 Å². The van der Waals surface area contributed by atoms with Crippen LogP contribution in [0.2, 0.25) is 10.2 Å². The summed E-state index contributed by atoms with van der Waals surface area (Å²) in [6.45, 7) is 10.3. The van der Waals surface area contributed by atoms with Crippen LogP contribution < -0.4 is 10.2 Å². The Morgan fingerprint density at radius 3 is 2.39 bits per heavy atom. The highest BCUT2D eigenvalue weighted by Gasteiger charge is 2.51. The number of hydrogen-bond acceptors (Lipinski definition) is 7. The predicted octanol–water partition coefficient (Wildman–Crippen LogP) is 6.04. The maximum Gasteiger partial charge on any atom is 0.494 e. The van der Waals surface area contributed by atoms with Crippen LogP contribution in [0.1, 0.15) is 69.4 Å². The minimum Gasteiger partial charge on any atom is -0.473 e. The molecule has 0 spiro atoms. The quantitative estimate of drug-likeness (QED) is 0.163. The van der Waals surface area contributed by atoms with Gasteiger partial charge >= 0.3 is 13.1 Å². The lowest BCUT2D eigenvalue weighted by atomic mass is 9.77. The summed E-state index contributed by atoms with van der Waals surface area (Å²) < 4.78 is 23.5. The number of halogens is 2. The van der Waals surface area contributed by atoms with E-state index in [1.54, 1.807) is 37.3 Å². The Hall–Kier alpha value is -2.62. The summed E-state index contributed by atoms with van der Waals surface area (Å²) in [7, 11) is -0.544. The van der Waals surface area contributed by atoms with Crippen molar-refractivity contribution in [2.24, 2.45) is 0 Å². The van der Waals surface area contributed by atoms with E-state index in [4.69, 9.17) is 42.0 Å². The van der Waals surface area contributed by atoms with Crippen LogP contribution in [0.3, 0.4) is 0 Å². The van der Waals surface area contributed by atoms with E-state index < -0.39 is 24.4 Å². The Balaban J connectivity index is 1.55. The number of benzene rings is 2. The van der Waals surface area contributed by atoms with Crippen LogP contribution in [0.5, 0.6) is 5.88 Å². The van der Waals surface area contributed by atoms with Crippen molar-refractivity contribution < 1.29 is 28.7 Å². The van der Waals surface area contributed by atoms with Gasteiger partial charge in [0.15, 0.2) is 0 Å². The Kier molecular flexibility index (Phi) is 10.0. The predicted molar refractivity (Wildman–Crippen MR) is 161 cm³/mol. The Bertz CT molecular complexity index is 1370. The van der Waals surface area contributed by atoms with E-state index in [1.807, 2.05) is 52.0 Å². The summed E-state index contributed by atoms with van der Waals surface area (Å²) in [5.74, 6) is 0.0811. The second-order valence-electron chi connectivity index (χ2n) is 11.1. The molecule has 0 amide bonds. The highest BCUT2D eigenvalue weighted by atomic mass is 35.5. The molecule has 3 aromatic rings. The lowest BCUT2D eigenvalue weighted by Gasteiger charge is -2.32. The average Bonchev–Trinajstić information content (AvgIpc) is 3.13. The van der Waals surface area contributed by atoms with Crippen LogP contribution in [0.15, 0.2) is 54.6 Å². The number of rotatable bonds is 11. The van der Waals surface area contributed by atoms with E-state index in [-0.39, 0.29) is 19.0 Å². The highest BCUT2D eigenvalue weighted by molar-refractivity contribution is 6.62. The van der Waals surface area contributed by atoms with Gasteiger partial charge in [-0.1, -0.05) is 53.5 Å². The zero-order chi connectivity index (χ0) is 29.8. The lowest BCUT2D eigenvalue weighted by molar-refractivity contribution is -0.142. The maximum atomic E-state index is 12.4. The van der Waals surface area contributed by atoms with Gasteiger partial charge < -0.3 is 23.9 Å². The van der Waals surface area contributed by atoms with Gasteiger partial charge in [0.05, 0.1) is 30.3 Å². The molecule has 1 unspecified atom stereocenters. The molecular weight excluding hydrogens is 564 g/mol. The first kappa shape index (κ1) is 31.3. The molecule has 2 aromatic carbocycles. The molecule has 41 heavy (non-hydrogen) atoms. The standard InChI is InChI=1S/C31H36BCl2NO6/c1-6-38-29(37)17-21-10-13-23(32-40-30(2,3)31(4,5)41-32)16-20(21)12-15-26(36)25-18-24(33)14-11-22(25)19-39-28-9-7-8-27(34)35-28/h7-11,13-14,16,18,26,36H,6,12,15,17,19H2,1-5H3. The van der Waals surface area contributed by atoms with Crippen molar-refractivity contribution in [2.75, 3.05) is 6.61 Å². The number of aromatic nitrogens is 1. The molecule has 2 heterocycles. The molecule has 0 bridgehead atoms. The van der Waals surface area contributed by atoms with Gasteiger partial charge in [-0.15, -0.1) is 0 Å². The zero-order valence-corrected chi connectivity index (χ0v) is 25.6. The van der Waals surface area contributed by atoms with Crippen LogP contribution in [0, 0.1) is 0 Å². The molecule has 1 fully saturated rings. The SMILES string of the molecule is CCOC(=O)Cc1ccc(B2OC(C)(C)C(C)(C)O2)cc1CCC(O)c1cc(Cl)ccc1COc1cccc(Cl)n1. The number of nitrogens with zero attached hydrogens (tertiary/aromatic N) is 1. The summed E-state index contributed by atoms with van der Waals surface area (Å²) in [6.07, 6.45) is 0.166. The smallest absolute Gasteiger partial charge is 0.473 e. The minimum absolute atomic E-state index is 0.131. The molecule has 4 rings (SSSR count). The van der Waals surface area contributed by atoms with Crippen molar-refractivity contribution in [3.05, 3.63) is 87.0 Å². The summed E-state index contributed by atoms with van der Waals surface area (Å²) in [5, 5.41) is 12.2. The first-order valence-electron chi connectivity index (χ1n) is 13.7. The van der Waals surface area contributed by atoms with E-state index in [2.05, 4.69) is 4.98 Å². The number of carbonyl (C=O) groups is 1. The van der Waals surface area contributed by atoms with Crippen molar-refractivity contribution in [2.45, 2.75) is 77.8 Å². The van der Waals surface area contributed by atoms with Crippen LogP contribution in [-0.4, -0.2) is 41.0 Å². The average molecular weight is 600 g/mol. The van der Waals surface area contributed by atoms with Gasteiger partial charge in [-0.05, 0) is 93.4 Å². The van der Waals surface area contributed by atoms with Gasteiger partial charge in [0.1, 0.15) is 11.8 Å². The van der Waals surface area contributed by atoms with Gasteiger partial charge in [-0.2, -0.15) is 0 Å². The summed E-state index contributed by atoms with van der Waals surface area (Å²) >= 11 is 12.3. The third kappa shape index (κ3) is 7.82. The van der Waals surface area contributed by atoms with Crippen LogP contribution >= 0.6 is 23.2 Å². The summed E-state index contributed by atoms with van der Waals surface area (Å²) in [6, 6.07) is 16.3. The monoisotopic (exact) mass is 599 g/mol. The second-order valence-corrected chi connectivity index (χ2v) is 11.9. The highest BCUT2D eigenvalue weighted by Crippen LogP contribution is 2.36. The fourth-order valence-corrected chi connectivity index (χ4v) is 4.96. The number of ether oxygens (including phenoxy) is 2. The fraction of sp³-hybridized carbons (Fsp3) is 0.419. The van der Waals surface area contributed by atoms with Crippen molar-refractivity contribution in [1.29, 1.82) is 0 Å². The van der Waals surface area contributed by atoms with Crippen molar-refractivity contribution in [1.82, 2.24) is 4.98 Å². The third-order valence-electron chi connectivity index (χ3n) is 7.61. The van der Waals surface area contributed by atoms with Gasteiger partial charge in [-0.25, -0.2) is 4.98 Å². The number of hydrogen-bond donors (Lipinski definition) is 1. The second kappa shape index (κ2) is 13.1. The lowest BCUT2D eigenvalue weighted by Crippen LogP contribution is -2.41. The normalized spacial score (nSPS) is 16.4. The van der Waals surface area contributed by atoms with Gasteiger partial charge in [0.25, 0.3) is 0 Å². The molecule has 0 saturated carbocycles. The summed E-state index contributed by atoms with van der Waals surface area (Å²) in [5.41, 5.74) is 3.07. The Morgan fingerprint density at radius 1 is 1.00 bits per heavy atom. The topological polar surface area (TPSA) is 87.1 Å². The third-order valence-corrected chi connectivity index (χ3v) is 8.06. The number of carbonyl (C=O) groups excluding carboxylic acids is 1. The number of pyridine rings is 1. The van der Waals surface area contributed by atoms with Crippen LogP contribution in [-0.2, 0) is 38.3 Å². The molecule has 1 aromatic heterocycles. The summed E-state index contributed by atoms with van der Waals surface area (Å²) in [4.78, 5) is 16.5. The molecular formula is C31H36BCl2NO6. The molecule has 0 radical (unpaired) electrons. The van der Waals surface area contributed by atoms with E-state index in [1.165, 1.54) is 0 Å². The number of esters is 1. The molecule has 0 aliphatic carbocycles. The van der Waals surface area contributed by atoms with E-state index >= 15 is 0 Å². The molecule has 1 saturated heterocycles. The number of aliphatic hydroxyl groups excluding tert-OH is 1. The molecule has 1 atom stereocenters. The molecule has 1 aliphatic heterocycles. The molecule has 1 aliphatic rings. The maximum absolute atomic E-state index is 12.4. The largest absolute Gasteiger partial charge is 0.494 e. The first-order chi connectivity index (χ1) is 19.4. The first-order valence-corrected chi connectivity index (χ1v) is 14.5. The number of aliphatic hydroxyl groups is 1. The number of aryl methyl sites for hydroxylation is 1. The van der Waals surface area contributed by atoms with Crippen molar-refractivity contribution in [3.63, 3.8) is 0 Å². The van der Waals surface area contributed by atoms with E-state index in [0.29, 0.717) is 41.1 Å². The van der Waals surface area contributed by atoms with Gasteiger partial charge in [0, 0.05) is 11.1 Å². The van der Waals surface area contributed by atoms with E-state index in [9.17, 15) is 9.90 Å². The minimum atomic E-state index is -0.837. The Labute approximate surface area is 252 Å². The Morgan fingerprint density at radius 2 is 1.71 bits per heavy atom. The molecule has 1 N–H and O–H groups in total. The molecule has 218 valence electrons. The van der Waals surface area contributed by atoms with Crippen LogP contribution in [0.4, 0.5) is 0 Å². The van der Waals surface area contributed by atoms with Crippen LogP contribution in [0.25, 0.3) is 0 Å². The zero-order valence-electron chi connectivity index (χ0n) is 24.1. The van der Waals surface area contributed by atoms with Gasteiger partial charge in [-0.3, -0.25) is 4.79 Å².